The van der Waals surface area contributed by atoms with Gasteiger partial charge in [0.1, 0.15) is 5.82 Å². The quantitative estimate of drug-likeness (QED) is 0.777. The molecule has 0 aliphatic carbocycles. The molecule has 1 aromatic rings. The second-order valence-electron chi connectivity index (χ2n) is 4.32. The molecule has 4 heteroatoms. The van der Waals surface area contributed by atoms with Gasteiger partial charge in [-0.05, 0) is 24.0 Å². The fourth-order valence-electron chi connectivity index (χ4n) is 1.43. The van der Waals surface area contributed by atoms with E-state index in [-0.39, 0.29) is 22.9 Å². The molecule has 0 spiro atoms. The number of hydrogen-bond acceptors (Lipinski definition) is 2. The Bertz CT molecular complexity index is 381. The van der Waals surface area contributed by atoms with E-state index in [1.165, 1.54) is 6.07 Å². The van der Waals surface area contributed by atoms with Crippen LogP contribution in [0.15, 0.2) is 24.3 Å². The third kappa shape index (κ3) is 4.38. The number of carbonyl (C=O) groups is 1. The summed E-state index contributed by atoms with van der Waals surface area (Å²) >= 11 is 4.21. The molecule has 0 radical (unpaired) electrons. The van der Waals surface area contributed by atoms with E-state index in [0.29, 0.717) is 18.5 Å². The van der Waals surface area contributed by atoms with Crippen LogP contribution in [0.2, 0.25) is 0 Å². The average molecular weight is 255 g/mol. The van der Waals surface area contributed by atoms with Crippen LogP contribution in [0.4, 0.5) is 4.39 Å². The summed E-state index contributed by atoms with van der Waals surface area (Å²) in [4.78, 5) is 11.6. The van der Waals surface area contributed by atoms with Crippen molar-refractivity contribution in [2.24, 2.45) is 5.92 Å². The van der Waals surface area contributed by atoms with Crippen molar-refractivity contribution in [3.05, 3.63) is 35.6 Å². The van der Waals surface area contributed by atoms with E-state index >= 15 is 0 Å². The highest BCUT2D eigenvalue weighted by molar-refractivity contribution is 7.81. The predicted octanol–water partition coefficient (Wildman–Crippen LogP) is 2.44. The Kier molecular flexibility index (Phi) is 5.48. The summed E-state index contributed by atoms with van der Waals surface area (Å²) in [7, 11) is 0. The van der Waals surface area contributed by atoms with Crippen molar-refractivity contribution in [2.75, 3.05) is 6.54 Å². The minimum absolute atomic E-state index is 0.0975. The third-order valence-electron chi connectivity index (χ3n) is 2.55. The average Bonchev–Trinajstić information content (AvgIpc) is 2.30. The molecule has 0 heterocycles. The van der Waals surface area contributed by atoms with Crippen LogP contribution in [-0.2, 0) is 11.2 Å². The molecule has 0 aliphatic heterocycles. The zero-order valence-corrected chi connectivity index (χ0v) is 11.0. The molecule has 0 aliphatic rings. The topological polar surface area (TPSA) is 29.1 Å². The number of thiol groups is 1. The summed E-state index contributed by atoms with van der Waals surface area (Å²) in [6, 6.07) is 6.59. The lowest BCUT2D eigenvalue weighted by molar-refractivity contribution is -0.121. The van der Waals surface area contributed by atoms with E-state index in [2.05, 4.69) is 17.9 Å². The SMILES string of the molecule is CC(C)C(S)C(=O)NCCc1ccccc1F. The maximum atomic E-state index is 13.3. The molecule has 1 N–H and O–H groups in total. The number of halogens is 1. The van der Waals surface area contributed by atoms with Gasteiger partial charge in [0.2, 0.25) is 5.91 Å². The summed E-state index contributed by atoms with van der Waals surface area (Å²) in [5, 5.41) is 2.45. The van der Waals surface area contributed by atoms with Crippen molar-refractivity contribution in [2.45, 2.75) is 25.5 Å². The number of rotatable bonds is 5. The first-order chi connectivity index (χ1) is 8.02. The predicted molar refractivity (Wildman–Crippen MR) is 70.7 cm³/mol. The number of nitrogens with one attached hydrogen (secondary N) is 1. The van der Waals surface area contributed by atoms with E-state index in [9.17, 15) is 9.18 Å². The zero-order valence-electron chi connectivity index (χ0n) is 10.1. The fourth-order valence-corrected chi connectivity index (χ4v) is 1.52. The van der Waals surface area contributed by atoms with Gasteiger partial charge < -0.3 is 5.32 Å². The van der Waals surface area contributed by atoms with Crippen LogP contribution in [-0.4, -0.2) is 17.7 Å². The standard InChI is InChI=1S/C13H18FNOS/c1-9(2)12(17)13(16)15-8-7-10-5-3-4-6-11(10)14/h3-6,9,12,17H,7-8H2,1-2H3,(H,15,16). The van der Waals surface area contributed by atoms with E-state index in [4.69, 9.17) is 0 Å². The van der Waals surface area contributed by atoms with Crippen molar-refractivity contribution in [1.82, 2.24) is 5.32 Å². The summed E-state index contributed by atoms with van der Waals surface area (Å²) < 4.78 is 13.3. The lowest BCUT2D eigenvalue weighted by atomic mass is 10.1. The normalized spacial score (nSPS) is 12.5. The highest BCUT2D eigenvalue weighted by Gasteiger charge is 2.16. The largest absolute Gasteiger partial charge is 0.355 e. The van der Waals surface area contributed by atoms with Gasteiger partial charge in [0.15, 0.2) is 0 Å². The molecule has 1 rings (SSSR count). The number of benzene rings is 1. The van der Waals surface area contributed by atoms with Gasteiger partial charge in [0.25, 0.3) is 0 Å². The molecule has 2 nitrogen and oxygen atoms in total. The molecule has 1 amide bonds. The van der Waals surface area contributed by atoms with E-state index in [1.54, 1.807) is 18.2 Å². The molecule has 0 saturated carbocycles. The molecule has 0 aromatic heterocycles. The summed E-state index contributed by atoms with van der Waals surface area (Å²) in [6.07, 6.45) is 0.497. The molecule has 94 valence electrons. The lowest BCUT2D eigenvalue weighted by Crippen LogP contribution is -2.35. The van der Waals surface area contributed by atoms with Gasteiger partial charge in [-0.25, -0.2) is 4.39 Å². The molecule has 1 atom stereocenters. The highest BCUT2D eigenvalue weighted by Crippen LogP contribution is 2.09. The zero-order chi connectivity index (χ0) is 12.8. The molecule has 0 fully saturated rings. The minimum atomic E-state index is -0.310. The Balaban J connectivity index is 2.38. The number of amides is 1. The van der Waals surface area contributed by atoms with E-state index < -0.39 is 0 Å². The first-order valence-electron chi connectivity index (χ1n) is 5.71. The molecular formula is C13H18FNOS. The van der Waals surface area contributed by atoms with Crippen LogP contribution in [0.3, 0.4) is 0 Å². The Morgan fingerprint density at radius 2 is 2.06 bits per heavy atom. The van der Waals surface area contributed by atoms with Crippen LogP contribution in [0, 0.1) is 11.7 Å². The molecular weight excluding hydrogens is 237 g/mol. The Labute approximate surface area is 107 Å². The van der Waals surface area contributed by atoms with Gasteiger partial charge in [-0.1, -0.05) is 32.0 Å². The van der Waals surface area contributed by atoms with Crippen LogP contribution in [0.1, 0.15) is 19.4 Å². The maximum Gasteiger partial charge on any atom is 0.233 e. The summed E-state index contributed by atoms with van der Waals surface area (Å²) in [6.45, 7) is 4.31. The maximum absolute atomic E-state index is 13.3. The fraction of sp³-hybridized carbons (Fsp3) is 0.462. The Hall–Kier alpha value is -1.03. The van der Waals surface area contributed by atoms with Crippen LogP contribution < -0.4 is 5.32 Å². The van der Waals surface area contributed by atoms with Crippen LogP contribution in [0.25, 0.3) is 0 Å². The lowest BCUT2D eigenvalue weighted by Gasteiger charge is -2.14. The van der Waals surface area contributed by atoms with E-state index in [1.807, 2.05) is 13.8 Å². The first kappa shape index (κ1) is 14.0. The van der Waals surface area contributed by atoms with Crippen molar-refractivity contribution < 1.29 is 9.18 Å². The van der Waals surface area contributed by atoms with Gasteiger partial charge in [-0.15, -0.1) is 0 Å². The van der Waals surface area contributed by atoms with Gasteiger partial charge in [-0.2, -0.15) is 12.6 Å². The highest BCUT2D eigenvalue weighted by atomic mass is 32.1. The molecule has 0 bridgehead atoms. The Morgan fingerprint density at radius 1 is 1.41 bits per heavy atom. The van der Waals surface area contributed by atoms with Crippen molar-refractivity contribution in [1.29, 1.82) is 0 Å². The van der Waals surface area contributed by atoms with Crippen LogP contribution >= 0.6 is 12.6 Å². The molecule has 1 unspecified atom stereocenters. The van der Waals surface area contributed by atoms with Crippen molar-refractivity contribution in [3.63, 3.8) is 0 Å². The monoisotopic (exact) mass is 255 g/mol. The van der Waals surface area contributed by atoms with Crippen LogP contribution in [0.5, 0.6) is 0 Å². The van der Waals surface area contributed by atoms with Gasteiger partial charge >= 0.3 is 0 Å². The Morgan fingerprint density at radius 3 is 2.65 bits per heavy atom. The molecule has 17 heavy (non-hydrogen) atoms. The van der Waals surface area contributed by atoms with Crippen molar-refractivity contribution >= 4 is 18.5 Å². The third-order valence-corrected chi connectivity index (χ3v) is 3.38. The van der Waals surface area contributed by atoms with Gasteiger partial charge in [0, 0.05) is 6.54 Å². The summed E-state index contributed by atoms with van der Waals surface area (Å²) in [5.74, 6) is -0.139. The second-order valence-corrected chi connectivity index (χ2v) is 4.88. The number of hydrogen-bond donors (Lipinski definition) is 2. The van der Waals surface area contributed by atoms with Crippen molar-refractivity contribution in [3.8, 4) is 0 Å². The first-order valence-corrected chi connectivity index (χ1v) is 6.23. The van der Waals surface area contributed by atoms with Gasteiger partial charge in [-0.3, -0.25) is 4.79 Å². The van der Waals surface area contributed by atoms with E-state index in [0.717, 1.165) is 0 Å². The molecule has 1 aromatic carbocycles. The smallest absolute Gasteiger partial charge is 0.233 e. The minimum Gasteiger partial charge on any atom is -0.355 e. The second kappa shape index (κ2) is 6.64. The summed E-state index contributed by atoms with van der Waals surface area (Å²) in [5.41, 5.74) is 0.619. The van der Waals surface area contributed by atoms with Gasteiger partial charge in [0.05, 0.1) is 5.25 Å². The molecule has 0 saturated heterocycles. The number of carbonyl (C=O) groups excluding carboxylic acids is 1.